The summed E-state index contributed by atoms with van der Waals surface area (Å²) in [5, 5.41) is 14.7. The average Bonchev–Trinajstić information content (AvgIpc) is 2.84. The number of nitrogens with one attached hydrogen (secondary N) is 2. The predicted molar refractivity (Wildman–Crippen MR) is 127 cm³/mol. The number of rotatable bonds is 10. The summed E-state index contributed by atoms with van der Waals surface area (Å²) in [6.45, 7) is 0.0398. The first-order chi connectivity index (χ1) is 16.4. The molecule has 0 heterocycles. The second-order valence-electron chi connectivity index (χ2n) is 7.78. The normalized spacial score (nSPS) is 12.2. The van der Waals surface area contributed by atoms with Crippen LogP contribution in [0.2, 0.25) is 0 Å². The Morgan fingerprint density at radius 3 is 1.85 bits per heavy atom. The summed E-state index contributed by atoms with van der Waals surface area (Å²) in [4.78, 5) is 37.5. The van der Waals surface area contributed by atoms with Crippen molar-refractivity contribution in [2.24, 2.45) is 5.73 Å². The first kappa shape index (κ1) is 24.3. The molecule has 8 nitrogen and oxygen atoms in total. The molecule has 0 fully saturated rings. The van der Waals surface area contributed by atoms with E-state index in [1.807, 2.05) is 60.7 Å². The number of ether oxygens (including phenoxy) is 1. The second-order valence-corrected chi connectivity index (χ2v) is 7.78. The molecular weight excluding hydrogens is 434 g/mol. The zero-order valence-electron chi connectivity index (χ0n) is 18.5. The maximum absolute atomic E-state index is 13.1. The zero-order chi connectivity index (χ0) is 24.3. The molecule has 2 unspecified atom stereocenters. The molecule has 0 bridgehead atoms. The van der Waals surface area contributed by atoms with Crippen LogP contribution >= 0.6 is 0 Å². The van der Waals surface area contributed by atoms with Gasteiger partial charge in [-0.2, -0.15) is 0 Å². The summed E-state index contributed by atoms with van der Waals surface area (Å²) in [6, 6.07) is 22.6. The van der Waals surface area contributed by atoms with Crippen LogP contribution in [0.4, 0.5) is 4.79 Å². The third-order valence-electron chi connectivity index (χ3n) is 5.14. The van der Waals surface area contributed by atoms with Gasteiger partial charge in [-0.3, -0.25) is 9.59 Å². The quantitative estimate of drug-likeness (QED) is 0.368. The molecule has 176 valence electrons. The molecule has 2 atom stereocenters. The highest BCUT2D eigenvalue weighted by Gasteiger charge is 2.26. The van der Waals surface area contributed by atoms with Crippen molar-refractivity contribution in [1.29, 1.82) is 0 Å². The Balaban J connectivity index is 1.70. The SMILES string of the molecule is NC(=O)C(Cc1ccccc1)NC(=O)C(Cc1ccc(O)cc1)NC(=O)OCc1ccccc1. The van der Waals surface area contributed by atoms with Crippen LogP contribution in [0, 0.1) is 0 Å². The predicted octanol–water partition coefficient (Wildman–Crippen LogP) is 2.44. The van der Waals surface area contributed by atoms with E-state index in [-0.39, 0.29) is 25.2 Å². The van der Waals surface area contributed by atoms with Crippen LogP contribution in [0.1, 0.15) is 16.7 Å². The first-order valence-corrected chi connectivity index (χ1v) is 10.8. The van der Waals surface area contributed by atoms with Gasteiger partial charge in [0.2, 0.25) is 11.8 Å². The number of phenols is 1. The number of amides is 3. The number of carbonyl (C=O) groups excluding carboxylic acids is 3. The van der Waals surface area contributed by atoms with Crippen LogP contribution in [-0.2, 0) is 33.8 Å². The van der Waals surface area contributed by atoms with E-state index in [0.29, 0.717) is 5.56 Å². The van der Waals surface area contributed by atoms with E-state index in [9.17, 15) is 19.5 Å². The molecule has 0 aromatic heterocycles. The van der Waals surface area contributed by atoms with Gasteiger partial charge in [-0.1, -0.05) is 72.8 Å². The Kier molecular flexibility index (Phi) is 8.62. The van der Waals surface area contributed by atoms with Gasteiger partial charge < -0.3 is 26.2 Å². The maximum Gasteiger partial charge on any atom is 0.408 e. The van der Waals surface area contributed by atoms with E-state index >= 15 is 0 Å². The van der Waals surface area contributed by atoms with Crippen molar-refractivity contribution < 1.29 is 24.2 Å². The van der Waals surface area contributed by atoms with Crippen molar-refractivity contribution in [2.45, 2.75) is 31.5 Å². The van der Waals surface area contributed by atoms with Gasteiger partial charge >= 0.3 is 6.09 Å². The van der Waals surface area contributed by atoms with Crippen molar-refractivity contribution in [2.75, 3.05) is 0 Å². The van der Waals surface area contributed by atoms with Crippen LogP contribution in [0.3, 0.4) is 0 Å². The van der Waals surface area contributed by atoms with E-state index in [1.54, 1.807) is 12.1 Å². The van der Waals surface area contributed by atoms with Gasteiger partial charge in [0.25, 0.3) is 0 Å². The van der Waals surface area contributed by atoms with Crippen LogP contribution < -0.4 is 16.4 Å². The third kappa shape index (κ3) is 7.67. The molecule has 0 saturated carbocycles. The number of hydrogen-bond acceptors (Lipinski definition) is 5. The highest BCUT2D eigenvalue weighted by Crippen LogP contribution is 2.12. The van der Waals surface area contributed by atoms with Crippen molar-refractivity contribution in [1.82, 2.24) is 10.6 Å². The summed E-state index contributed by atoms with van der Waals surface area (Å²) in [5.41, 5.74) is 7.85. The minimum atomic E-state index is -1.04. The smallest absolute Gasteiger partial charge is 0.408 e. The van der Waals surface area contributed by atoms with Crippen LogP contribution in [0.25, 0.3) is 0 Å². The van der Waals surface area contributed by atoms with E-state index in [1.165, 1.54) is 12.1 Å². The molecule has 0 radical (unpaired) electrons. The summed E-state index contributed by atoms with van der Waals surface area (Å²) in [5.74, 6) is -1.19. The van der Waals surface area contributed by atoms with E-state index in [4.69, 9.17) is 10.5 Å². The number of alkyl carbamates (subject to hydrolysis) is 1. The lowest BCUT2D eigenvalue weighted by Crippen LogP contribution is -2.54. The summed E-state index contributed by atoms with van der Waals surface area (Å²) in [7, 11) is 0. The zero-order valence-corrected chi connectivity index (χ0v) is 18.5. The molecule has 0 aliphatic rings. The Morgan fingerprint density at radius 1 is 0.735 bits per heavy atom. The minimum Gasteiger partial charge on any atom is -0.508 e. The summed E-state index contributed by atoms with van der Waals surface area (Å²) in [6.07, 6.45) is -0.447. The Labute approximate surface area is 197 Å². The maximum atomic E-state index is 13.1. The van der Waals surface area contributed by atoms with Gasteiger partial charge in [-0.15, -0.1) is 0 Å². The number of benzene rings is 3. The molecule has 0 saturated heterocycles. The van der Waals surface area contributed by atoms with Gasteiger partial charge in [0, 0.05) is 12.8 Å². The molecular formula is C26H27N3O5. The van der Waals surface area contributed by atoms with E-state index in [0.717, 1.165) is 11.1 Å². The fourth-order valence-electron chi connectivity index (χ4n) is 3.33. The highest BCUT2D eigenvalue weighted by molar-refractivity contribution is 5.91. The van der Waals surface area contributed by atoms with Crippen LogP contribution in [0.15, 0.2) is 84.9 Å². The molecule has 3 amide bonds. The van der Waals surface area contributed by atoms with Crippen molar-refractivity contribution in [3.05, 3.63) is 102 Å². The Hall–Kier alpha value is -4.33. The summed E-state index contributed by atoms with van der Waals surface area (Å²) >= 11 is 0. The molecule has 0 aliphatic carbocycles. The largest absolute Gasteiger partial charge is 0.508 e. The lowest BCUT2D eigenvalue weighted by atomic mass is 10.0. The summed E-state index contributed by atoms with van der Waals surface area (Å²) < 4.78 is 5.25. The standard InChI is InChI=1S/C26H27N3O5/c27-24(31)22(15-18-7-3-1-4-8-18)28-25(32)23(16-19-11-13-21(30)14-12-19)29-26(33)34-17-20-9-5-2-6-10-20/h1-14,22-23,30H,15-17H2,(H2,27,31)(H,28,32)(H,29,33). The van der Waals surface area contributed by atoms with E-state index < -0.39 is 30.0 Å². The van der Waals surface area contributed by atoms with Crippen molar-refractivity contribution in [3.8, 4) is 5.75 Å². The fourth-order valence-corrected chi connectivity index (χ4v) is 3.33. The molecule has 34 heavy (non-hydrogen) atoms. The molecule has 5 N–H and O–H groups in total. The number of nitrogens with two attached hydrogens (primary N) is 1. The first-order valence-electron chi connectivity index (χ1n) is 10.8. The number of hydrogen-bond donors (Lipinski definition) is 4. The third-order valence-corrected chi connectivity index (χ3v) is 5.14. The molecule has 0 aliphatic heterocycles. The lowest BCUT2D eigenvalue weighted by molar-refractivity contribution is -0.128. The Bertz CT molecular complexity index is 1090. The van der Waals surface area contributed by atoms with Gasteiger partial charge in [0.15, 0.2) is 0 Å². The molecule has 3 aromatic rings. The number of carbonyl (C=O) groups is 3. The Morgan fingerprint density at radius 2 is 1.26 bits per heavy atom. The molecule has 3 aromatic carbocycles. The average molecular weight is 462 g/mol. The monoisotopic (exact) mass is 461 g/mol. The number of primary amides is 1. The molecule has 0 spiro atoms. The topological polar surface area (TPSA) is 131 Å². The van der Waals surface area contributed by atoms with E-state index in [2.05, 4.69) is 10.6 Å². The lowest BCUT2D eigenvalue weighted by Gasteiger charge is -2.22. The molecule has 8 heteroatoms. The van der Waals surface area contributed by atoms with Gasteiger partial charge in [-0.25, -0.2) is 4.79 Å². The van der Waals surface area contributed by atoms with Gasteiger partial charge in [0.1, 0.15) is 24.4 Å². The number of aromatic hydroxyl groups is 1. The minimum absolute atomic E-state index is 0.0398. The van der Waals surface area contributed by atoms with Crippen LogP contribution in [0.5, 0.6) is 5.75 Å². The van der Waals surface area contributed by atoms with Gasteiger partial charge in [-0.05, 0) is 28.8 Å². The van der Waals surface area contributed by atoms with Crippen molar-refractivity contribution in [3.63, 3.8) is 0 Å². The molecule has 3 rings (SSSR count). The second kappa shape index (κ2) is 12.1. The number of phenolic OH excluding ortho intramolecular Hbond substituents is 1. The fraction of sp³-hybridized carbons (Fsp3) is 0.192. The van der Waals surface area contributed by atoms with Gasteiger partial charge in [0.05, 0.1) is 0 Å². The highest BCUT2D eigenvalue weighted by atomic mass is 16.5. The van der Waals surface area contributed by atoms with Crippen LogP contribution in [-0.4, -0.2) is 35.1 Å². The van der Waals surface area contributed by atoms with Crippen molar-refractivity contribution >= 4 is 17.9 Å².